The van der Waals surface area contributed by atoms with Gasteiger partial charge in [0, 0.05) is 23.6 Å². The Kier molecular flexibility index (Phi) is 4.48. The van der Waals surface area contributed by atoms with Crippen molar-refractivity contribution in [3.8, 4) is 5.82 Å². The van der Waals surface area contributed by atoms with Gasteiger partial charge in [-0.1, -0.05) is 6.07 Å². The third-order valence-electron chi connectivity index (χ3n) is 3.17. The molecule has 1 amide bonds. The SMILES string of the molecule is CS(=O)(=O)Nc1cccc(C(=O)Nc2ccc(-n3cccn3)nc2)c1. The summed E-state index contributed by atoms with van der Waals surface area (Å²) in [5, 5.41) is 6.79. The molecule has 3 rings (SSSR count). The topological polar surface area (TPSA) is 106 Å². The van der Waals surface area contributed by atoms with Crippen molar-refractivity contribution in [2.75, 3.05) is 16.3 Å². The van der Waals surface area contributed by atoms with E-state index in [1.54, 1.807) is 53.5 Å². The monoisotopic (exact) mass is 357 g/mol. The number of nitrogens with zero attached hydrogens (tertiary/aromatic N) is 3. The molecule has 0 unspecified atom stereocenters. The van der Waals surface area contributed by atoms with Crippen LogP contribution in [0.2, 0.25) is 0 Å². The van der Waals surface area contributed by atoms with E-state index in [4.69, 9.17) is 0 Å². The molecule has 0 saturated heterocycles. The minimum Gasteiger partial charge on any atom is -0.321 e. The van der Waals surface area contributed by atoms with Gasteiger partial charge in [0.15, 0.2) is 5.82 Å². The fraction of sp³-hybridized carbons (Fsp3) is 0.0625. The Balaban J connectivity index is 1.73. The van der Waals surface area contributed by atoms with Crippen molar-refractivity contribution < 1.29 is 13.2 Å². The third-order valence-corrected chi connectivity index (χ3v) is 3.78. The van der Waals surface area contributed by atoms with Crippen LogP contribution in [0.5, 0.6) is 0 Å². The van der Waals surface area contributed by atoms with Crippen LogP contribution in [0.1, 0.15) is 10.4 Å². The summed E-state index contributed by atoms with van der Waals surface area (Å²) in [6, 6.07) is 11.4. The van der Waals surface area contributed by atoms with E-state index in [1.165, 1.54) is 12.3 Å². The molecule has 8 nitrogen and oxygen atoms in total. The Hall–Kier alpha value is -3.20. The fourth-order valence-electron chi connectivity index (χ4n) is 2.14. The molecule has 1 aromatic carbocycles. The Morgan fingerprint density at radius 1 is 1.12 bits per heavy atom. The smallest absolute Gasteiger partial charge is 0.255 e. The number of hydrogen-bond acceptors (Lipinski definition) is 5. The summed E-state index contributed by atoms with van der Waals surface area (Å²) in [6.45, 7) is 0. The zero-order chi connectivity index (χ0) is 17.9. The molecule has 25 heavy (non-hydrogen) atoms. The van der Waals surface area contributed by atoms with Crippen LogP contribution in [-0.4, -0.2) is 35.3 Å². The van der Waals surface area contributed by atoms with E-state index >= 15 is 0 Å². The van der Waals surface area contributed by atoms with Gasteiger partial charge in [-0.2, -0.15) is 5.10 Å². The van der Waals surface area contributed by atoms with E-state index in [-0.39, 0.29) is 5.91 Å². The highest BCUT2D eigenvalue weighted by Crippen LogP contribution is 2.15. The molecule has 0 aliphatic carbocycles. The van der Waals surface area contributed by atoms with E-state index in [1.807, 2.05) is 0 Å². The van der Waals surface area contributed by atoms with Crippen molar-refractivity contribution in [1.82, 2.24) is 14.8 Å². The first kappa shape index (κ1) is 16.7. The first-order chi connectivity index (χ1) is 11.9. The number of carbonyl (C=O) groups excluding carboxylic acids is 1. The standard InChI is InChI=1S/C16H15N5O3S/c1-25(23,24)20-13-5-2-4-12(10-13)16(22)19-14-6-7-15(17-11-14)21-9-3-8-18-21/h2-11,20H,1H3,(H,19,22). The predicted octanol–water partition coefficient (Wildman–Crippen LogP) is 1.89. The maximum absolute atomic E-state index is 12.3. The zero-order valence-corrected chi connectivity index (χ0v) is 14.1. The van der Waals surface area contributed by atoms with Crippen molar-refractivity contribution >= 4 is 27.3 Å². The van der Waals surface area contributed by atoms with Gasteiger partial charge in [0.2, 0.25) is 10.0 Å². The minimum absolute atomic E-state index is 0.322. The lowest BCUT2D eigenvalue weighted by atomic mass is 10.2. The zero-order valence-electron chi connectivity index (χ0n) is 13.2. The number of aromatic nitrogens is 3. The maximum Gasteiger partial charge on any atom is 0.255 e. The summed E-state index contributed by atoms with van der Waals surface area (Å²) in [4.78, 5) is 16.5. The first-order valence-corrected chi connectivity index (χ1v) is 9.15. The molecule has 9 heteroatoms. The number of nitrogens with one attached hydrogen (secondary N) is 2. The fourth-order valence-corrected chi connectivity index (χ4v) is 2.70. The molecule has 0 radical (unpaired) electrons. The average Bonchev–Trinajstić information content (AvgIpc) is 3.08. The molecular formula is C16H15N5O3S. The summed E-state index contributed by atoms with van der Waals surface area (Å²) in [7, 11) is -3.40. The van der Waals surface area contributed by atoms with Gasteiger partial charge in [0.1, 0.15) is 0 Å². The second-order valence-corrected chi connectivity index (χ2v) is 7.01. The van der Waals surface area contributed by atoms with Gasteiger partial charge in [-0.3, -0.25) is 9.52 Å². The summed E-state index contributed by atoms with van der Waals surface area (Å²) >= 11 is 0. The van der Waals surface area contributed by atoms with Crippen molar-refractivity contribution in [3.63, 3.8) is 0 Å². The largest absolute Gasteiger partial charge is 0.321 e. The van der Waals surface area contributed by atoms with Gasteiger partial charge < -0.3 is 5.32 Å². The molecule has 3 aromatic rings. The van der Waals surface area contributed by atoms with Crippen LogP contribution >= 0.6 is 0 Å². The summed E-state index contributed by atoms with van der Waals surface area (Å²) in [5.74, 6) is 0.258. The predicted molar refractivity (Wildman–Crippen MR) is 94.2 cm³/mol. The highest BCUT2D eigenvalue weighted by Gasteiger charge is 2.09. The number of carbonyl (C=O) groups is 1. The quantitative estimate of drug-likeness (QED) is 0.725. The molecule has 0 fully saturated rings. The van der Waals surface area contributed by atoms with Crippen LogP contribution in [0.4, 0.5) is 11.4 Å². The lowest BCUT2D eigenvalue weighted by Crippen LogP contribution is -2.14. The van der Waals surface area contributed by atoms with Crippen LogP contribution in [0, 0.1) is 0 Å². The molecule has 2 aromatic heterocycles. The highest BCUT2D eigenvalue weighted by atomic mass is 32.2. The average molecular weight is 357 g/mol. The van der Waals surface area contributed by atoms with Crippen molar-refractivity contribution in [1.29, 1.82) is 0 Å². The highest BCUT2D eigenvalue weighted by molar-refractivity contribution is 7.92. The third kappa shape index (κ3) is 4.42. The van der Waals surface area contributed by atoms with E-state index in [0.29, 0.717) is 22.8 Å². The van der Waals surface area contributed by atoms with E-state index in [0.717, 1.165) is 6.26 Å². The van der Waals surface area contributed by atoms with Gasteiger partial charge in [-0.15, -0.1) is 0 Å². The molecule has 0 bridgehead atoms. The van der Waals surface area contributed by atoms with Gasteiger partial charge in [-0.25, -0.2) is 18.1 Å². The van der Waals surface area contributed by atoms with E-state index < -0.39 is 10.0 Å². The van der Waals surface area contributed by atoms with Crippen molar-refractivity contribution in [2.24, 2.45) is 0 Å². The van der Waals surface area contributed by atoms with Gasteiger partial charge in [0.05, 0.1) is 18.1 Å². The number of sulfonamides is 1. The molecule has 128 valence electrons. The molecule has 0 saturated carbocycles. The summed E-state index contributed by atoms with van der Waals surface area (Å²) < 4.78 is 26.5. The second-order valence-electron chi connectivity index (χ2n) is 5.26. The normalized spacial score (nSPS) is 11.1. The Labute approximate surface area is 144 Å². The Morgan fingerprint density at radius 3 is 2.60 bits per heavy atom. The molecule has 0 atom stereocenters. The minimum atomic E-state index is -3.40. The van der Waals surface area contributed by atoms with Crippen molar-refractivity contribution in [2.45, 2.75) is 0 Å². The Morgan fingerprint density at radius 2 is 1.96 bits per heavy atom. The van der Waals surface area contributed by atoms with Gasteiger partial charge >= 0.3 is 0 Å². The number of hydrogen-bond donors (Lipinski definition) is 2. The molecule has 0 spiro atoms. The maximum atomic E-state index is 12.3. The summed E-state index contributed by atoms with van der Waals surface area (Å²) in [5.41, 5.74) is 1.16. The molecular weight excluding hydrogens is 342 g/mol. The van der Waals surface area contributed by atoms with Crippen LogP contribution in [0.3, 0.4) is 0 Å². The number of rotatable bonds is 5. The number of anilines is 2. The molecule has 2 N–H and O–H groups in total. The lowest BCUT2D eigenvalue weighted by molar-refractivity contribution is 0.102. The van der Waals surface area contributed by atoms with Crippen LogP contribution in [0.15, 0.2) is 61.1 Å². The van der Waals surface area contributed by atoms with Crippen LogP contribution < -0.4 is 10.0 Å². The van der Waals surface area contributed by atoms with Crippen molar-refractivity contribution in [3.05, 3.63) is 66.6 Å². The second kappa shape index (κ2) is 6.73. The van der Waals surface area contributed by atoms with Gasteiger partial charge in [-0.05, 0) is 36.4 Å². The Bertz CT molecular complexity index is 983. The van der Waals surface area contributed by atoms with E-state index in [9.17, 15) is 13.2 Å². The number of pyridine rings is 1. The van der Waals surface area contributed by atoms with Crippen LogP contribution in [-0.2, 0) is 10.0 Å². The van der Waals surface area contributed by atoms with Crippen LogP contribution in [0.25, 0.3) is 5.82 Å². The lowest BCUT2D eigenvalue weighted by Gasteiger charge is -2.08. The number of amides is 1. The van der Waals surface area contributed by atoms with E-state index in [2.05, 4.69) is 20.1 Å². The molecule has 0 aliphatic heterocycles. The molecule has 0 aliphatic rings. The first-order valence-electron chi connectivity index (χ1n) is 7.26. The summed E-state index contributed by atoms with van der Waals surface area (Å²) in [6.07, 6.45) is 5.98. The van der Waals surface area contributed by atoms with Gasteiger partial charge in [0.25, 0.3) is 5.91 Å². The number of benzene rings is 1. The molecule has 2 heterocycles.